The van der Waals surface area contributed by atoms with Crippen LogP contribution in [-0.4, -0.2) is 29.4 Å². The number of ether oxygens (including phenoxy) is 2. The maximum Gasteiger partial charge on any atom is 0.417 e. The normalized spacial score (nSPS) is 13.2. The predicted molar refractivity (Wildman–Crippen MR) is 132 cm³/mol. The Bertz CT molecular complexity index is 1270. The standard InChI is InChI=1S/C28H27F4N3O3/c1-18(35-26(36)27(2,3)38-25-12-9-22(16-34-25)28(30,31)32)24(21-6-4-5-20(13-21)15-33)14-19-7-10-23(11-8-19)37-17-29/h4-13,16,18,24H,14,17H2,1-3H3,(H,35,36)/t18-,24+/m0/s1/i29-1. The number of benzene rings is 2. The third-order valence-electron chi connectivity index (χ3n) is 5.98. The lowest BCUT2D eigenvalue weighted by molar-refractivity contribution is -0.138. The molecule has 2 atom stereocenters. The van der Waals surface area contributed by atoms with Crippen molar-refractivity contribution in [3.05, 3.63) is 89.1 Å². The molecular formula is C28H27F4N3O3. The predicted octanol–water partition coefficient (Wildman–Crippen LogP) is 5.97. The Balaban J connectivity index is 1.79. The van der Waals surface area contributed by atoms with Crippen molar-refractivity contribution >= 4 is 5.91 Å². The van der Waals surface area contributed by atoms with Gasteiger partial charge in [-0.05, 0) is 68.7 Å². The molecule has 10 heteroatoms. The van der Waals surface area contributed by atoms with Gasteiger partial charge in [0.15, 0.2) is 5.60 Å². The number of carbonyl (C=O) groups is 1. The van der Waals surface area contributed by atoms with E-state index in [2.05, 4.69) is 16.4 Å². The highest BCUT2D eigenvalue weighted by atomic mass is 19.4. The summed E-state index contributed by atoms with van der Waals surface area (Å²) in [5.74, 6) is -0.504. The van der Waals surface area contributed by atoms with E-state index in [9.17, 15) is 27.6 Å². The second-order valence-corrected chi connectivity index (χ2v) is 9.20. The molecule has 0 spiro atoms. The third kappa shape index (κ3) is 7.44. The van der Waals surface area contributed by atoms with Gasteiger partial charge in [0.05, 0.1) is 17.2 Å². The zero-order valence-electron chi connectivity index (χ0n) is 21.1. The molecule has 6 nitrogen and oxygen atoms in total. The molecule has 1 heterocycles. The summed E-state index contributed by atoms with van der Waals surface area (Å²) in [5.41, 5.74) is -0.189. The summed E-state index contributed by atoms with van der Waals surface area (Å²) in [4.78, 5) is 16.9. The van der Waals surface area contributed by atoms with E-state index in [1.165, 1.54) is 13.8 Å². The molecule has 0 saturated carbocycles. The van der Waals surface area contributed by atoms with Crippen LogP contribution in [-0.2, 0) is 17.4 Å². The van der Waals surface area contributed by atoms with Gasteiger partial charge in [-0.25, -0.2) is 9.37 Å². The lowest BCUT2D eigenvalue weighted by Crippen LogP contribution is -2.51. The lowest BCUT2D eigenvalue weighted by Gasteiger charge is -2.30. The number of nitrogens with one attached hydrogen (secondary N) is 1. The van der Waals surface area contributed by atoms with Gasteiger partial charge in [-0.2, -0.15) is 18.4 Å². The largest absolute Gasteiger partial charge is 0.463 e. The van der Waals surface area contributed by atoms with Crippen LogP contribution < -0.4 is 14.8 Å². The molecule has 0 aliphatic rings. The summed E-state index contributed by atoms with van der Waals surface area (Å²) in [7, 11) is 0. The molecule has 0 fully saturated rings. The number of nitriles is 1. The van der Waals surface area contributed by atoms with Gasteiger partial charge in [0, 0.05) is 24.2 Å². The van der Waals surface area contributed by atoms with E-state index < -0.39 is 36.2 Å². The van der Waals surface area contributed by atoms with Crippen LogP contribution in [0, 0.1) is 11.3 Å². The van der Waals surface area contributed by atoms with Crippen molar-refractivity contribution in [3.8, 4) is 17.7 Å². The molecule has 2 aromatic carbocycles. The average molecular weight is 529 g/mol. The minimum Gasteiger partial charge on any atom is -0.463 e. The third-order valence-corrected chi connectivity index (χ3v) is 5.98. The Labute approximate surface area is 218 Å². The second kappa shape index (κ2) is 11.9. The second-order valence-electron chi connectivity index (χ2n) is 9.20. The number of nitrogens with zero attached hydrogens (tertiary/aromatic N) is 2. The SMILES string of the molecule is C[C@H](NC(=O)C(C)(C)Oc1ccc(C(F)(F)F)cn1)[C@@H](Cc1ccc(OC[18F])cc1)c1cccc(C#N)c1. The van der Waals surface area contributed by atoms with Gasteiger partial charge in [0.25, 0.3) is 5.91 Å². The molecule has 0 radical (unpaired) electrons. The van der Waals surface area contributed by atoms with Gasteiger partial charge in [0.2, 0.25) is 12.7 Å². The molecule has 1 N–H and O–H groups in total. The van der Waals surface area contributed by atoms with Crippen LogP contribution in [0.5, 0.6) is 11.6 Å². The number of amides is 1. The van der Waals surface area contributed by atoms with E-state index in [0.717, 1.165) is 23.3 Å². The Morgan fingerprint density at radius 1 is 1.11 bits per heavy atom. The topological polar surface area (TPSA) is 84.2 Å². The van der Waals surface area contributed by atoms with Crippen molar-refractivity contribution in [1.29, 1.82) is 5.26 Å². The maximum absolute atomic E-state index is 13.2. The fourth-order valence-electron chi connectivity index (χ4n) is 3.86. The quantitative estimate of drug-likeness (QED) is 0.328. The highest BCUT2D eigenvalue weighted by Gasteiger charge is 2.34. The number of aromatic nitrogens is 1. The summed E-state index contributed by atoms with van der Waals surface area (Å²) in [5, 5.41) is 12.3. The molecule has 0 bridgehead atoms. The summed E-state index contributed by atoms with van der Waals surface area (Å²) in [6.07, 6.45) is -3.41. The van der Waals surface area contributed by atoms with Gasteiger partial charge in [-0.1, -0.05) is 24.3 Å². The molecule has 0 unspecified atom stereocenters. The molecule has 1 aromatic heterocycles. The smallest absolute Gasteiger partial charge is 0.417 e. The van der Waals surface area contributed by atoms with E-state index in [4.69, 9.17) is 9.47 Å². The van der Waals surface area contributed by atoms with Crippen molar-refractivity contribution in [2.24, 2.45) is 0 Å². The number of pyridine rings is 1. The Morgan fingerprint density at radius 2 is 1.82 bits per heavy atom. The number of carbonyl (C=O) groups excluding carboxylic acids is 1. The monoisotopic (exact) mass is 528 g/mol. The fourth-order valence-corrected chi connectivity index (χ4v) is 3.86. The number of hydrogen-bond donors (Lipinski definition) is 1. The maximum atomic E-state index is 13.2. The van der Waals surface area contributed by atoms with Crippen molar-refractivity contribution in [2.45, 2.75) is 50.9 Å². The Kier molecular flexibility index (Phi) is 8.94. The molecule has 0 aliphatic carbocycles. The zero-order valence-corrected chi connectivity index (χ0v) is 21.1. The molecule has 0 saturated heterocycles. The lowest BCUT2D eigenvalue weighted by atomic mass is 9.85. The van der Waals surface area contributed by atoms with Gasteiger partial charge >= 0.3 is 6.18 Å². The highest BCUT2D eigenvalue weighted by Crippen LogP contribution is 2.30. The summed E-state index contributed by atoms with van der Waals surface area (Å²) in [6.45, 7) is 3.85. The molecule has 0 aliphatic heterocycles. The first kappa shape index (κ1) is 28.4. The van der Waals surface area contributed by atoms with Crippen LogP contribution in [0.2, 0.25) is 0 Å². The molecule has 3 rings (SSSR count). The minimum absolute atomic E-state index is 0.125. The van der Waals surface area contributed by atoms with Crippen molar-refractivity contribution in [1.82, 2.24) is 10.3 Å². The van der Waals surface area contributed by atoms with Crippen LogP contribution >= 0.6 is 0 Å². The van der Waals surface area contributed by atoms with Gasteiger partial charge in [-0.3, -0.25) is 4.79 Å². The van der Waals surface area contributed by atoms with Crippen molar-refractivity contribution in [3.63, 3.8) is 0 Å². The van der Waals surface area contributed by atoms with Crippen LogP contribution in [0.1, 0.15) is 48.9 Å². The molecule has 200 valence electrons. The average Bonchev–Trinajstić information content (AvgIpc) is 2.88. The van der Waals surface area contributed by atoms with E-state index in [1.54, 1.807) is 42.5 Å². The first-order valence-corrected chi connectivity index (χ1v) is 11.7. The molecule has 3 aromatic rings. The van der Waals surface area contributed by atoms with Crippen molar-refractivity contribution in [2.75, 3.05) is 6.86 Å². The number of hydrogen-bond acceptors (Lipinski definition) is 5. The minimum atomic E-state index is -4.54. The number of alkyl halides is 4. The van der Waals surface area contributed by atoms with Gasteiger partial charge < -0.3 is 14.8 Å². The first-order valence-electron chi connectivity index (χ1n) is 11.7. The van der Waals surface area contributed by atoms with Crippen LogP contribution in [0.3, 0.4) is 0 Å². The Morgan fingerprint density at radius 3 is 2.39 bits per heavy atom. The molecular weight excluding hydrogens is 501 g/mol. The summed E-state index contributed by atoms with van der Waals surface area (Å²) < 4.78 is 61.4. The number of rotatable bonds is 10. The first-order chi connectivity index (χ1) is 17.9. The van der Waals surface area contributed by atoms with E-state index in [1.807, 2.05) is 13.0 Å². The molecule has 1 amide bonds. The molecule has 38 heavy (non-hydrogen) atoms. The van der Waals surface area contributed by atoms with E-state index in [0.29, 0.717) is 23.9 Å². The van der Waals surface area contributed by atoms with Gasteiger partial charge in [-0.15, -0.1) is 0 Å². The number of halogens is 4. The van der Waals surface area contributed by atoms with Crippen molar-refractivity contribution < 1.29 is 31.8 Å². The fraction of sp³-hybridized carbons (Fsp3) is 0.321. The summed E-state index contributed by atoms with van der Waals surface area (Å²) in [6, 6.07) is 17.5. The van der Waals surface area contributed by atoms with E-state index in [-0.39, 0.29) is 11.8 Å². The highest BCUT2D eigenvalue weighted by molar-refractivity contribution is 5.85. The van der Waals surface area contributed by atoms with Gasteiger partial charge in [0.1, 0.15) is 5.75 Å². The van der Waals surface area contributed by atoms with Crippen LogP contribution in [0.4, 0.5) is 17.6 Å². The Hall–Kier alpha value is -4.13. The van der Waals surface area contributed by atoms with E-state index >= 15 is 0 Å². The van der Waals surface area contributed by atoms with Crippen LogP contribution in [0.25, 0.3) is 0 Å². The van der Waals surface area contributed by atoms with Crippen LogP contribution in [0.15, 0.2) is 66.9 Å². The zero-order chi connectivity index (χ0) is 27.9. The summed E-state index contributed by atoms with van der Waals surface area (Å²) >= 11 is 0.